The van der Waals surface area contributed by atoms with E-state index in [2.05, 4.69) is 12.0 Å². The Morgan fingerprint density at radius 2 is 1.60 bits per heavy atom. The Morgan fingerprint density at radius 3 is 1.70 bits per heavy atom. The first-order valence-corrected chi connectivity index (χ1v) is 3.16. The van der Waals surface area contributed by atoms with Crippen molar-refractivity contribution in [1.29, 1.82) is 0 Å². The van der Waals surface area contributed by atoms with Crippen molar-refractivity contribution < 1.29 is 10.2 Å². The maximum Gasteiger partial charge on any atom is 0.133 e. The van der Waals surface area contributed by atoms with Crippen molar-refractivity contribution in [1.82, 2.24) is 4.90 Å². The van der Waals surface area contributed by atoms with Crippen LogP contribution in [-0.4, -0.2) is 27.6 Å². The number of aliphatic hydroxyl groups is 2. The first kappa shape index (κ1) is 9.28. The average Bonchev–Trinajstić information content (AvgIpc) is 1.81. The van der Waals surface area contributed by atoms with E-state index >= 15 is 0 Å². The number of nitrogens with zero attached hydrogens (tertiary/aromatic N) is 1. The topological polar surface area (TPSA) is 43.7 Å². The monoisotopic (exact) mass is 143 g/mol. The number of hydrogen-bond donors (Lipinski definition) is 2. The van der Waals surface area contributed by atoms with Crippen LogP contribution in [0.4, 0.5) is 0 Å². The highest BCUT2D eigenvalue weighted by Crippen LogP contribution is 1.97. The fraction of sp³-hybridized carbons (Fsp3) is 0.714. The molecule has 0 heterocycles. The molecular formula is C7H13NO2. The van der Waals surface area contributed by atoms with E-state index in [0.29, 0.717) is 0 Å². The van der Waals surface area contributed by atoms with E-state index in [0.717, 1.165) is 0 Å². The van der Waals surface area contributed by atoms with Gasteiger partial charge in [0.1, 0.15) is 12.5 Å². The van der Waals surface area contributed by atoms with Gasteiger partial charge < -0.3 is 10.2 Å². The molecule has 0 saturated carbocycles. The Hall–Kier alpha value is -0.720. The zero-order chi connectivity index (χ0) is 8.15. The number of aliphatic hydroxyl groups excluding tert-OH is 2. The highest BCUT2D eigenvalue weighted by Gasteiger charge is 2.10. The molecule has 0 aromatic rings. The van der Waals surface area contributed by atoms with Gasteiger partial charge in [-0.1, -0.05) is 5.92 Å². The van der Waals surface area contributed by atoms with Crippen LogP contribution in [0.3, 0.4) is 0 Å². The molecule has 0 radical (unpaired) electrons. The smallest absolute Gasteiger partial charge is 0.133 e. The first-order valence-electron chi connectivity index (χ1n) is 3.16. The van der Waals surface area contributed by atoms with Crippen molar-refractivity contribution in [3.63, 3.8) is 0 Å². The van der Waals surface area contributed by atoms with Crippen LogP contribution in [0.25, 0.3) is 0 Å². The van der Waals surface area contributed by atoms with Gasteiger partial charge >= 0.3 is 0 Å². The van der Waals surface area contributed by atoms with Gasteiger partial charge in [-0.05, 0) is 20.8 Å². The van der Waals surface area contributed by atoms with Gasteiger partial charge in [-0.15, -0.1) is 0 Å². The summed E-state index contributed by atoms with van der Waals surface area (Å²) in [6.45, 7) is 4.76. The summed E-state index contributed by atoms with van der Waals surface area (Å²) in [5.74, 6) is 2.59. The molecule has 0 aromatic carbocycles. The SMILES string of the molecule is CC#CN(C(C)O)C(C)O. The van der Waals surface area contributed by atoms with Gasteiger partial charge in [0.2, 0.25) is 0 Å². The maximum absolute atomic E-state index is 8.98. The van der Waals surface area contributed by atoms with E-state index in [9.17, 15) is 0 Å². The Kier molecular flexibility index (Phi) is 3.85. The predicted octanol–water partition coefficient (Wildman–Crippen LogP) is -0.0542. The summed E-state index contributed by atoms with van der Waals surface area (Å²) in [5, 5.41) is 18.0. The van der Waals surface area contributed by atoms with Crippen molar-refractivity contribution in [2.75, 3.05) is 0 Å². The zero-order valence-corrected chi connectivity index (χ0v) is 6.50. The summed E-state index contributed by atoms with van der Waals surface area (Å²) >= 11 is 0. The standard InChI is InChI=1S/C7H13NO2/c1-4-5-8(6(2)9)7(3)10/h6-7,9-10H,1-3H3. The van der Waals surface area contributed by atoms with Gasteiger partial charge in [0.25, 0.3) is 0 Å². The summed E-state index contributed by atoms with van der Waals surface area (Å²) in [4.78, 5) is 1.26. The molecule has 3 heteroatoms. The second kappa shape index (κ2) is 4.15. The summed E-state index contributed by atoms with van der Waals surface area (Å²) in [6.07, 6.45) is -1.46. The summed E-state index contributed by atoms with van der Waals surface area (Å²) in [5.41, 5.74) is 0. The molecule has 0 aromatic heterocycles. The molecule has 0 bridgehead atoms. The third kappa shape index (κ3) is 2.72. The second-order valence-electron chi connectivity index (χ2n) is 2.03. The van der Waals surface area contributed by atoms with E-state index in [1.807, 2.05) is 0 Å². The molecule has 2 N–H and O–H groups in total. The van der Waals surface area contributed by atoms with Gasteiger partial charge in [-0.2, -0.15) is 0 Å². The van der Waals surface area contributed by atoms with Crippen molar-refractivity contribution in [3.05, 3.63) is 0 Å². The lowest BCUT2D eigenvalue weighted by Gasteiger charge is -2.23. The van der Waals surface area contributed by atoms with Crippen LogP contribution in [0.15, 0.2) is 0 Å². The molecule has 0 amide bonds. The lowest BCUT2D eigenvalue weighted by molar-refractivity contribution is -0.0434. The molecule has 0 aliphatic heterocycles. The van der Waals surface area contributed by atoms with Crippen molar-refractivity contribution in [2.24, 2.45) is 0 Å². The molecule has 3 nitrogen and oxygen atoms in total. The Morgan fingerprint density at radius 1 is 1.20 bits per heavy atom. The maximum atomic E-state index is 8.98. The van der Waals surface area contributed by atoms with E-state index in [4.69, 9.17) is 10.2 Å². The van der Waals surface area contributed by atoms with E-state index in [1.165, 1.54) is 4.90 Å². The van der Waals surface area contributed by atoms with Crippen LogP contribution >= 0.6 is 0 Å². The first-order chi connectivity index (χ1) is 4.59. The molecule has 0 saturated heterocycles. The minimum absolute atomic E-state index is 0.729. The predicted molar refractivity (Wildman–Crippen MR) is 38.7 cm³/mol. The van der Waals surface area contributed by atoms with E-state index in [-0.39, 0.29) is 0 Å². The minimum Gasteiger partial charge on any atom is -0.373 e. The Labute approximate surface area is 61.3 Å². The van der Waals surface area contributed by atoms with Crippen LogP contribution < -0.4 is 0 Å². The summed E-state index contributed by atoms with van der Waals surface area (Å²) in [7, 11) is 0. The fourth-order valence-corrected chi connectivity index (χ4v) is 0.628. The quantitative estimate of drug-likeness (QED) is 0.323. The third-order valence-corrected chi connectivity index (χ3v) is 1.05. The van der Waals surface area contributed by atoms with Gasteiger partial charge in [0.05, 0.1) is 0 Å². The molecule has 0 fully saturated rings. The minimum atomic E-state index is -0.729. The van der Waals surface area contributed by atoms with Crippen LogP contribution in [0.2, 0.25) is 0 Å². The molecule has 2 atom stereocenters. The molecule has 10 heavy (non-hydrogen) atoms. The van der Waals surface area contributed by atoms with E-state index in [1.54, 1.807) is 20.8 Å². The Bertz CT molecular complexity index is 135. The number of hydrogen-bond acceptors (Lipinski definition) is 3. The molecule has 58 valence electrons. The lowest BCUT2D eigenvalue weighted by atomic mass is 10.5. The zero-order valence-electron chi connectivity index (χ0n) is 6.50. The lowest BCUT2D eigenvalue weighted by Crippen LogP contribution is -2.35. The normalized spacial score (nSPS) is 14.9. The van der Waals surface area contributed by atoms with Crippen LogP contribution in [0, 0.1) is 12.0 Å². The van der Waals surface area contributed by atoms with Crippen molar-refractivity contribution in [2.45, 2.75) is 33.2 Å². The van der Waals surface area contributed by atoms with E-state index < -0.39 is 12.5 Å². The molecular weight excluding hydrogens is 130 g/mol. The fourth-order valence-electron chi connectivity index (χ4n) is 0.628. The highest BCUT2D eigenvalue weighted by atomic mass is 16.3. The molecule has 0 aliphatic rings. The van der Waals surface area contributed by atoms with Crippen LogP contribution in [0.5, 0.6) is 0 Å². The third-order valence-electron chi connectivity index (χ3n) is 1.05. The number of rotatable bonds is 2. The summed E-state index contributed by atoms with van der Waals surface area (Å²) < 4.78 is 0. The summed E-state index contributed by atoms with van der Waals surface area (Å²) in [6, 6.07) is 2.56. The largest absolute Gasteiger partial charge is 0.373 e. The van der Waals surface area contributed by atoms with Gasteiger partial charge in [0.15, 0.2) is 0 Å². The average molecular weight is 143 g/mol. The van der Waals surface area contributed by atoms with Gasteiger partial charge in [-0.3, -0.25) is 4.90 Å². The molecule has 2 unspecified atom stereocenters. The Balaban J connectivity index is 4.07. The van der Waals surface area contributed by atoms with Crippen LogP contribution in [-0.2, 0) is 0 Å². The molecule has 0 spiro atoms. The second-order valence-corrected chi connectivity index (χ2v) is 2.03. The highest BCUT2D eigenvalue weighted by molar-refractivity contribution is 4.95. The van der Waals surface area contributed by atoms with Crippen LogP contribution in [0.1, 0.15) is 20.8 Å². The van der Waals surface area contributed by atoms with Crippen molar-refractivity contribution in [3.8, 4) is 12.0 Å². The molecule has 0 rings (SSSR count). The van der Waals surface area contributed by atoms with Gasteiger partial charge in [-0.25, -0.2) is 0 Å². The molecule has 0 aliphatic carbocycles. The van der Waals surface area contributed by atoms with Gasteiger partial charge in [0, 0.05) is 6.04 Å². The van der Waals surface area contributed by atoms with Crippen molar-refractivity contribution >= 4 is 0 Å².